The lowest BCUT2D eigenvalue weighted by Crippen LogP contribution is -2.46. The van der Waals surface area contributed by atoms with Crippen LogP contribution in [0.25, 0.3) is 0 Å². The van der Waals surface area contributed by atoms with Gasteiger partial charge in [0.1, 0.15) is 0 Å². The van der Waals surface area contributed by atoms with E-state index in [9.17, 15) is 18.0 Å². The number of carbonyl (C=O) groups is 2. The highest BCUT2D eigenvalue weighted by atomic mass is 32.2. The summed E-state index contributed by atoms with van der Waals surface area (Å²) >= 11 is 0. The van der Waals surface area contributed by atoms with E-state index in [0.29, 0.717) is 23.4 Å². The fraction of sp³-hybridized carbons (Fsp3) is 0.440. The third kappa shape index (κ3) is 6.43. The van der Waals surface area contributed by atoms with Gasteiger partial charge in [0.25, 0.3) is 5.91 Å². The Labute approximate surface area is 202 Å². The molecule has 0 saturated carbocycles. The van der Waals surface area contributed by atoms with E-state index in [1.807, 2.05) is 32.0 Å². The molecule has 1 fully saturated rings. The summed E-state index contributed by atoms with van der Waals surface area (Å²) in [5, 5.41) is 5.50. The van der Waals surface area contributed by atoms with Crippen molar-refractivity contribution in [2.45, 2.75) is 44.6 Å². The minimum Gasteiger partial charge on any atom is -0.358 e. The van der Waals surface area contributed by atoms with Crippen molar-refractivity contribution in [2.75, 3.05) is 32.0 Å². The van der Waals surface area contributed by atoms with Gasteiger partial charge < -0.3 is 10.6 Å². The van der Waals surface area contributed by atoms with Gasteiger partial charge in [0.05, 0.1) is 11.4 Å². The highest BCUT2D eigenvalue weighted by molar-refractivity contribution is 7.89. The van der Waals surface area contributed by atoms with Crippen LogP contribution in [0.1, 0.15) is 41.3 Å². The Bertz CT molecular complexity index is 1140. The molecule has 1 aliphatic heterocycles. The lowest BCUT2D eigenvalue weighted by Gasteiger charge is -2.34. The maximum atomic E-state index is 13.0. The average molecular weight is 487 g/mol. The Morgan fingerprint density at radius 2 is 1.74 bits per heavy atom. The SMILES string of the molecule is CNC(=O)CN1CCC([C@@H](C)NS(=O)(=O)c2ccc(NC(=O)c3ccccc3C)c(C)c2)CC1. The number of likely N-dealkylation sites (N-methyl/N-ethyl adjacent to an activating group) is 1. The van der Waals surface area contributed by atoms with Crippen molar-refractivity contribution in [3.8, 4) is 0 Å². The molecule has 0 aliphatic carbocycles. The maximum absolute atomic E-state index is 13.0. The van der Waals surface area contributed by atoms with Crippen molar-refractivity contribution >= 4 is 27.5 Å². The highest BCUT2D eigenvalue weighted by Crippen LogP contribution is 2.24. The van der Waals surface area contributed by atoms with Gasteiger partial charge in [0, 0.05) is 24.3 Å². The number of benzene rings is 2. The van der Waals surface area contributed by atoms with Crippen LogP contribution in [-0.2, 0) is 14.8 Å². The summed E-state index contributed by atoms with van der Waals surface area (Å²) in [6, 6.07) is 11.8. The second-order valence-electron chi connectivity index (χ2n) is 8.94. The minimum absolute atomic E-state index is 0.0129. The van der Waals surface area contributed by atoms with Gasteiger partial charge in [-0.3, -0.25) is 14.5 Å². The molecule has 1 aliphatic rings. The predicted molar refractivity (Wildman–Crippen MR) is 133 cm³/mol. The number of piperidine rings is 1. The molecule has 2 amide bonds. The van der Waals surface area contributed by atoms with Gasteiger partial charge in [-0.05, 0) is 88.0 Å². The van der Waals surface area contributed by atoms with Gasteiger partial charge in [-0.25, -0.2) is 13.1 Å². The first-order valence-electron chi connectivity index (χ1n) is 11.5. The molecule has 0 spiro atoms. The standard InChI is InChI=1S/C25H34N4O4S/c1-17-7-5-6-8-22(17)25(31)27-23-10-9-21(15-18(23)2)34(32,33)28-19(3)20-11-13-29(14-12-20)16-24(30)26-4/h5-10,15,19-20,28H,11-14,16H2,1-4H3,(H,26,30)(H,27,31)/t19-/m1/s1. The largest absolute Gasteiger partial charge is 0.358 e. The normalized spacial score (nSPS) is 16.1. The first-order chi connectivity index (χ1) is 16.1. The molecule has 34 heavy (non-hydrogen) atoms. The smallest absolute Gasteiger partial charge is 0.255 e. The molecule has 1 heterocycles. The summed E-state index contributed by atoms with van der Waals surface area (Å²) in [5.41, 5.74) is 2.69. The number of hydrogen-bond donors (Lipinski definition) is 3. The van der Waals surface area contributed by atoms with Gasteiger partial charge in [-0.1, -0.05) is 18.2 Å². The van der Waals surface area contributed by atoms with Crippen LogP contribution in [0.3, 0.4) is 0 Å². The number of carbonyl (C=O) groups excluding carboxylic acids is 2. The minimum atomic E-state index is -3.71. The second-order valence-corrected chi connectivity index (χ2v) is 10.7. The van der Waals surface area contributed by atoms with Crippen molar-refractivity contribution in [2.24, 2.45) is 5.92 Å². The van der Waals surface area contributed by atoms with Crippen LogP contribution in [0, 0.1) is 19.8 Å². The number of likely N-dealkylation sites (tertiary alicyclic amines) is 1. The third-order valence-electron chi connectivity index (χ3n) is 6.47. The topological polar surface area (TPSA) is 108 Å². The molecule has 184 valence electrons. The molecule has 8 nitrogen and oxygen atoms in total. The average Bonchev–Trinajstić information content (AvgIpc) is 2.80. The summed E-state index contributed by atoms with van der Waals surface area (Å²) in [5.74, 6) is -0.0445. The molecule has 0 bridgehead atoms. The number of amides is 2. The third-order valence-corrected chi connectivity index (χ3v) is 8.03. The van der Waals surface area contributed by atoms with Crippen molar-refractivity contribution < 1.29 is 18.0 Å². The van der Waals surface area contributed by atoms with Crippen LogP contribution in [-0.4, -0.2) is 57.9 Å². The zero-order valence-corrected chi connectivity index (χ0v) is 21.0. The Kier molecular flexibility index (Phi) is 8.46. The zero-order chi connectivity index (χ0) is 24.9. The number of nitrogens with zero attached hydrogens (tertiary/aromatic N) is 1. The van der Waals surface area contributed by atoms with E-state index in [2.05, 4.69) is 20.3 Å². The molecule has 9 heteroatoms. The monoisotopic (exact) mass is 486 g/mol. The number of aryl methyl sites for hydroxylation is 2. The van der Waals surface area contributed by atoms with E-state index in [1.165, 1.54) is 6.07 Å². The van der Waals surface area contributed by atoms with Crippen LogP contribution in [0.5, 0.6) is 0 Å². The van der Waals surface area contributed by atoms with Crippen molar-refractivity contribution in [3.63, 3.8) is 0 Å². The lowest BCUT2D eigenvalue weighted by molar-refractivity contribution is -0.122. The fourth-order valence-electron chi connectivity index (χ4n) is 4.26. The summed E-state index contributed by atoms with van der Waals surface area (Å²) in [4.78, 5) is 26.4. The van der Waals surface area contributed by atoms with Crippen LogP contribution in [0.15, 0.2) is 47.4 Å². The lowest BCUT2D eigenvalue weighted by atomic mass is 9.91. The number of hydrogen-bond acceptors (Lipinski definition) is 5. The van der Waals surface area contributed by atoms with Gasteiger partial charge in [0.15, 0.2) is 0 Å². The first kappa shape index (κ1) is 25.9. The molecular weight excluding hydrogens is 452 g/mol. The Morgan fingerprint density at radius 3 is 2.35 bits per heavy atom. The molecule has 0 aromatic heterocycles. The second kappa shape index (κ2) is 11.1. The quantitative estimate of drug-likeness (QED) is 0.532. The Balaban J connectivity index is 1.62. The Hall–Kier alpha value is -2.75. The van der Waals surface area contributed by atoms with Crippen LogP contribution < -0.4 is 15.4 Å². The first-order valence-corrected chi connectivity index (χ1v) is 13.0. The van der Waals surface area contributed by atoms with Crippen LogP contribution in [0.4, 0.5) is 5.69 Å². The summed E-state index contributed by atoms with van der Waals surface area (Å²) in [6.45, 7) is 7.43. The van der Waals surface area contributed by atoms with Crippen LogP contribution >= 0.6 is 0 Å². The number of anilines is 1. The number of sulfonamides is 1. The molecule has 2 aromatic rings. The van der Waals surface area contributed by atoms with E-state index in [4.69, 9.17) is 0 Å². The van der Waals surface area contributed by atoms with Crippen molar-refractivity contribution in [1.29, 1.82) is 0 Å². The maximum Gasteiger partial charge on any atom is 0.255 e. The van der Waals surface area contributed by atoms with Gasteiger partial charge in [0.2, 0.25) is 15.9 Å². The summed E-state index contributed by atoms with van der Waals surface area (Å²) in [6.07, 6.45) is 1.65. The van der Waals surface area contributed by atoms with E-state index >= 15 is 0 Å². The molecule has 1 atom stereocenters. The van der Waals surface area contributed by atoms with E-state index in [1.54, 1.807) is 32.2 Å². The highest BCUT2D eigenvalue weighted by Gasteiger charge is 2.28. The van der Waals surface area contributed by atoms with Crippen molar-refractivity contribution in [3.05, 3.63) is 59.2 Å². The predicted octanol–water partition coefficient (Wildman–Crippen LogP) is 2.68. The summed E-state index contributed by atoms with van der Waals surface area (Å²) in [7, 11) is -2.09. The van der Waals surface area contributed by atoms with E-state index < -0.39 is 10.0 Å². The van der Waals surface area contributed by atoms with Crippen molar-refractivity contribution in [1.82, 2.24) is 14.9 Å². The number of nitrogens with one attached hydrogen (secondary N) is 3. The number of rotatable bonds is 8. The molecule has 3 N–H and O–H groups in total. The zero-order valence-electron chi connectivity index (χ0n) is 20.2. The summed E-state index contributed by atoms with van der Waals surface area (Å²) < 4.78 is 28.9. The Morgan fingerprint density at radius 1 is 1.06 bits per heavy atom. The van der Waals surface area contributed by atoms with E-state index in [-0.39, 0.29) is 28.7 Å². The van der Waals surface area contributed by atoms with Gasteiger partial charge in [-0.15, -0.1) is 0 Å². The van der Waals surface area contributed by atoms with Gasteiger partial charge >= 0.3 is 0 Å². The van der Waals surface area contributed by atoms with Crippen LogP contribution in [0.2, 0.25) is 0 Å². The molecular formula is C25H34N4O4S. The molecule has 0 unspecified atom stereocenters. The molecule has 1 saturated heterocycles. The molecule has 0 radical (unpaired) electrons. The van der Waals surface area contributed by atoms with E-state index in [0.717, 1.165) is 31.5 Å². The van der Waals surface area contributed by atoms with Gasteiger partial charge in [-0.2, -0.15) is 0 Å². The molecule has 2 aromatic carbocycles. The molecule has 3 rings (SSSR count). The fourth-order valence-corrected chi connectivity index (χ4v) is 5.66.